The summed E-state index contributed by atoms with van der Waals surface area (Å²) < 4.78 is 9.09. The highest BCUT2D eigenvalue weighted by molar-refractivity contribution is 7.26. The van der Waals surface area contributed by atoms with Crippen molar-refractivity contribution in [2.24, 2.45) is 0 Å². The third kappa shape index (κ3) is 2.30. The SMILES string of the molecule is c1ccc(-c2cccc(-c3ccc4sc5ccc6ccc7oc8cccc9c8c7c6c5c4c3-9)c2)cc1. The molecule has 1 aliphatic rings. The number of furan rings is 1. The van der Waals surface area contributed by atoms with Gasteiger partial charge in [0.25, 0.3) is 0 Å². The Labute approximate surface area is 210 Å². The largest absolute Gasteiger partial charge is 0.456 e. The Morgan fingerprint density at radius 3 is 2.14 bits per heavy atom. The van der Waals surface area contributed by atoms with Crippen molar-refractivity contribution >= 4 is 64.2 Å². The van der Waals surface area contributed by atoms with Crippen LogP contribution in [0.15, 0.2) is 114 Å². The van der Waals surface area contributed by atoms with Gasteiger partial charge in [-0.15, -0.1) is 11.3 Å². The van der Waals surface area contributed by atoms with Crippen LogP contribution in [0, 0.1) is 0 Å². The van der Waals surface area contributed by atoms with Gasteiger partial charge in [-0.2, -0.15) is 0 Å². The molecule has 1 aliphatic carbocycles. The van der Waals surface area contributed by atoms with Gasteiger partial charge in [0.1, 0.15) is 11.2 Å². The third-order valence-corrected chi connectivity index (χ3v) is 8.91. The number of benzene rings is 6. The maximum Gasteiger partial charge on any atom is 0.136 e. The van der Waals surface area contributed by atoms with Crippen molar-refractivity contribution in [3.63, 3.8) is 0 Å². The lowest BCUT2D eigenvalue weighted by Gasteiger charge is -2.14. The van der Waals surface area contributed by atoms with E-state index >= 15 is 0 Å². The summed E-state index contributed by atoms with van der Waals surface area (Å²) in [6.45, 7) is 0. The lowest BCUT2D eigenvalue weighted by atomic mass is 9.89. The number of rotatable bonds is 2. The normalized spacial score (nSPS) is 12.4. The average molecular weight is 475 g/mol. The van der Waals surface area contributed by atoms with Crippen LogP contribution in [0.5, 0.6) is 0 Å². The van der Waals surface area contributed by atoms with E-state index < -0.39 is 0 Å². The highest BCUT2D eigenvalue weighted by Gasteiger charge is 2.26. The fraction of sp³-hybridized carbons (Fsp3) is 0. The molecule has 8 aromatic rings. The minimum Gasteiger partial charge on any atom is -0.456 e. The quantitative estimate of drug-likeness (QED) is 0.243. The molecule has 0 radical (unpaired) electrons. The summed E-state index contributed by atoms with van der Waals surface area (Å²) in [4.78, 5) is 0. The van der Waals surface area contributed by atoms with E-state index in [0.29, 0.717) is 0 Å². The molecule has 0 saturated carbocycles. The van der Waals surface area contributed by atoms with Gasteiger partial charge in [0.2, 0.25) is 0 Å². The Morgan fingerprint density at radius 2 is 1.19 bits per heavy atom. The van der Waals surface area contributed by atoms with Gasteiger partial charge in [-0.25, -0.2) is 0 Å². The zero-order chi connectivity index (χ0) is 23.4. The first-order valence-corrected chi connectivity index (χ1v) is 13.1. The maximum absolute atomic E-state index is 6.42. The van der Waals surface area contributed by atoms with Crippen molar-refractivity contribution in [3.8, 4) is 33.4 Å². The lowest BCUT2D eigenvalue weighted by Crippen LogP contribution is -1.88. The van der Waals surface area contributed by atoms with Crippen molar-refractivity contribution < 1.29 is 4.42 Å². The van der Waals surface area contributed by atoms with Crippen molar-refractivity contribution in [3.05, 3.63) is 109 Å². The molecule has 166 valence electrons. The van der Waals surface area contributed by atoms with Gasteiger partial charge in [0.05, 0.1) is 0 Å². The van der Waals surface area contributed by atoms with Crippen LogP contribution in [-0.4, -0.2) is 0 Å². The molecule has 2 heterocycles. The van der Waals surface area contributed by atoms with E-state index in [1.165, 1.54) is 75.1 Å². The Kier molecular flexibility index (Phi) is 3.47. The molecule has 0 bridgehead atoms. The van der Waals surface area contributed by atoms with E-state index in [4.69, 9.17) is 4.42 Å². The number of hydrogen-bond acceptors (Lipinski definition) is 2. The van der Waals surface area contributed by atoms with Crippen molar-refractivity contribution in [1.29, 1.82) is 0 Å². The summed E-state index contributed by atoms with van der Waals surface area (Å²) >= 11 is 1.89. The Hall–Kier alpha value is -4.40. The molecule has 1 nitrogen and oxygen atoms in total. The molecule has 2 heteroatoms. The zero-order valence-corrected chi connectivity index (χ0v) is 20.0. The highest BCUT2D eigenvalue weighted by Crippen LogP contribution is 2.53. The van der Waals surface area contributed by atoms with Crippen molar-refractivity contribution in [2.45, 2.75) is 0 Å². The second-order valence-corrected chi connectivity index (χ2v) is 10.8. The Balaban J connectivity index is 1.50. The molecule has 0 N–H and O–H groups in total. The zero-order valence-electron chi connectivity index (χ0n) is 19.2. The van der Waals surface area contributed by atoms with Crippen molar-refractivity contribution in [2.75, 3.05) is 0 Å². The average Bonchev–Trinajstić information content (AvgIpc) is 3.47. The van der Waals surface area contributed by atoms with Crippen LogP contribution in [0.2, 0.25) is 0 Å². The number of hydrogen-bond donors (Lipinski definition) is 0. The summed E-state index contributed by atoms with van der Waals surface area (Å²) in [6, 6.07) is 39.7. The summed E-state index contributed by atoms with van der Waals surface area (Å²) in [5, 5.41) is 7.84. The monoisotopic (exact) mass is 474 g/mol. The number of thiophene rings is 1. The second-order valence-electron chi connectivity index (χ2n) is 9.67. The molecule has 0 aliphatic heterocycles. The molecule has 0 saturated heterocycles. The standard InChI is InChI=1S/C34H18OS/c1-2-6-19(7-3-1)21-8-4-9-22(18-21)23-14-17-28-34-30(23)24-10-5-11-25-31(24)32-26(35-25)15-12-20-13-16-27(36-28)33(34)29(20)32/h1-18H. The molecule has 0 fully saturated rings. The van der Waals surface area contributed by atoms with Gasteiger partial charge in [-0.3, -0.25) is 0 Å². The van der Waals surface area contributed by atoms with E-state index in [1.54, 1.807) is 0 Å². The van der Waals surface area contributed by atoms with Crippen LogP contribution in [0.25, 0.3) is 86.3 Å². The molecule has 0 atom stereocenters. The van der Waals surface area contributed by atoms with E-state index in [2.05, 4.69) is 109 Å². The molecule has 36 heavy (non-hydrogen) atoms. The maximum atomic E-state index is 6.42. The van der Waals surface area contributed by atoms with Gasteiger partial charge >= 0.3 is 0 Å². The first-order chi connectivity index (χ1) is 17.8. The summed E-state index contributed by atoms with van der Waals surface area (Å²) in [6.07, 6.45) is 0. The van der Waals surface area contributed by atoms with Crippen LogP contribution in [0.1, 0.15) is 0 Å². The molecule has 0 amide bonds. The predicted molar refractivity (Wildman–Crippen MR) is 154 cm³/mol. The van der Waals surface area contributed by atoms with Crippen LogP contribution >= 0.6 is 11.3 Å². The van der Waals surface area contributed by atoms with E-state index in [1.807, 2.05) is 11.3 Å². The molecule has 0 unspecified atom stereocenters. The second kappa shape index (κ2) is 6.63. The van der Waals surface area contributed by atoms with E-state index in [0.717, 1.165) is 11.2 Å². The van der Waals surface area contributed by atoms with E-state index in [-0.39, 0.29) is 0 Å². The molecular formula is C34H18OS. The van der Waals surface area contributed by atoms with Crippen LogP contribution in [-0.2, 0) is 0 Å². The molecule has 2 aromatic heterocycles. The first kappa shape index (κ1) is 18.9. The summed E-state index contributed by atoms with van der Waals surface area (Å²) in [7, 11) is 0. The highest BCUT2D eigenvalue weighted by atomic mass is 32.1. The van der Waals surface area contributed by atoms with Crippen LogP contribution < -0.4 is 0 Å². The Bertz CT molecular complexity index is 2190. The van der Waals surface area contributed by atoms with Gasteiger partial charge in [-0.05, 0) is 69.1 Å². The molecule has 9 rings (SSSR count). The van der Waals surface area contributed by atoms with Gasteiger partial charge in [-0.1, -0.05) is 78.9 Å². The minimum absolute atomic E-state index is 0.960. The van der Waals surface area contributed by atoms with Gasteiger partial charge < -0.3 is 4.42 Å². The number of fused-ring (bicyclic) bond motifs is 1. The topological polar surface area (TPSA) is 13.1 Å². The van der Waals surface area contributed by atoms with Gasteiger partial charge in [0.15, 0.2) is 0 Å². The van der Waals surface area contributed by atoms with Crippen molar-refractivity contribution in [1.82, 2.24) is 0 Å². The molecule has 0 spiro atoms. The Morgan fingerprint density at radius 1 is 0.444 bits per heavy atom. The fourth-order valence-corrected chi connectivity index (χ4v) is 7.42. The molecule has 6 aromatic carbocycles. The minimum atomic E-state index is 0.960. The summed E-state index contributed by atoms with van der Waals surface area (Å²) in [5.74, 6) is 0. The van der Waals surface area contributed by atoms with Gasteiger partial charge in [0, 0.05) is 36.3 Å². The predicted octanol–water partition coefficient (Wildman–Crippen LogP) is 10.4. The van der Waals surface area contributed by atoms with Crippen LogP contribution in [0.3, 0.4) is 0 Å². The lowest BCUT2D eigenvalue weighted by molar-refractivity contribution is 0.669. The fourth-order valence-electron chi connectivity index (χ4n) is 6.30. The van der Waals surface area contributed by atoms with E-state index in [9.17, 15) is 0 Å². The summed E-state index contributed by atoms with van der Waals surface area (Å²) in [5.41, 5.74) is 9.49. The first-order valence-electron chi connectivity index (χ1n) is 12.3. The van der Waals surface area contributed by atoms with Crippen LogP contribution in [0.4, 0.5) is 0 Å². The smallest absolute Gasteiger partial charge is 0.136 e. The third-order valence-electron chi connectivity index (χ3n) is 7.79. The molecular weight excluding hydrogens is 456 g/mol.